The Labute approximate surface area is 185 Å². The molecule has 178 valence electrons. The quantitative estimate of drug-likeness (QED) is 0.230. The van der Waals surface area contributed by atoms with E-state index in [1.54, 1.807) is 0 Å². The summed E-state index contributed by atoms with van der Waals surface area (Å²) >= 11 is 0. The predicted molar refractivity (Wildman–Crippen MR) is 124 cm³/mol. The van der Waals surface area contributed by atoms with Gasteiger partial charge in [0.1, 0.15) is 12.7 Å². The highest BCUT2D eigenvalue weighted by Gasteiger charge is 2.25. The highest BCUT2D eigenvalue weighted by atomic mass is 16.6. The van der Waals surface area contributed by atoms with E-state index in [9.17, 15) is 9.90 Å². The van der Waals surface area contributed by atoms with Crippen LogP contribution in [0.1, 0.15) is 122 Å². The first-order valence-corrected chi connectivity index (χ1v) is 12.9. The molecule has 0 aromatic rings. The second kappa shape index (κ2) is 20.1. The van der Waals surface area contributed by atoms with Gasteiger partial charge < -0.3 is 19.9 Å². The number of hydrogen-bond acceptors (Lipinski definition) is 4. The molecule has 0 saturated carbocycles. The van der Waals surface area contributed by atoms with Gasteiger partial charge in [-0.1, -0.05) is 103 Å². The molecule has 2 N–H and O–H groups in total. The van der Waals surface area contributed by atoms with Crippen molar-refractivity contribution in [1.29, 1.82) is 0 Å². The number of rotatable bonds is 19. The first kappa shape index (κ1) is 27.2. The third kappa shape index (κ3) is 16.0. The first-order valence-electron chi connectivity index (χ1n) is 12.9. The molecule has 0 bridgehead atoms. The van der Waals surface area contributed by atoms with Crippen LogP contribution in [0.15, 0.2) is 0 Å². The summed E-state index contributed by atoms with van der Waals surface area (Å²) in [4.78, 5) is 11.7. The molecule has 5 heteroatoms. The fourth-order valence-electron chi connectivity index (χ4n) is 4.06. The molecule has 0 unspecified atom stereocenters. The number of aliphatic hydroxyl groups excluding tert-OH is 1. The second-order valence-corrected chi connectivity index (χ2v) is 8.95. The highest BCUT2D eigenvalue weighted by Crippen LogP contribution is 2.15. The van der Waals surface area contributed by atoms with Gasteiger partial charge in [-0.15, -0.1) is 0 Å². The first-order chi connectivity index (χ1) is 14.7. The minimum atomic E-state index is -0.521. The molecule has 0 radical (unpaired) electrons. The number of carbonyl (C=O) groups is 1. The molecular weight excluding hydrogens is 378 g/mol. The smallest absolute Gasteiger partial charge is 0.407 e. The van der Waals surface area contributed by atoms with Crippen LogP contribution < -0.4 is 5.32 Å². The number of hydrogen-bond donors (Lipinski definition) is 2. The standard InChI is InChI=1S/C25H49NO4/c1-2-3-4-5-6-7-8-9-10-11-12-13-14-15-16-17-20-26-25(28)30-22-24-23(27)19-18-21-29-24/h23-24,27H,2-22H2,1H3,(H,26,28)/t23-,24+/m1/s1. The number of nitrogens with one attached hydrogen (secondary N) is 1. The summed E-state index contributed by atoms with van der Waals surface area (Å²) in [7, 11) is 0. The van der Waals surface area contributed by atoms with E-state index in [1.807, 2.05) is 0 Å². The molecule has 1 amide bonds. The number of aliphatic hydroxyl groups is 1. The summed E-state index contributed by atoms with van der Waals surface area (Å²) in [5, 5.41) is 12.6. The molecule has 1 saturated heterocycles. The van der Waals surface area contributed by atoms with Gasteiger partial charge in [-0.2, -0.15) is 0 Å². The van der Waals surface area contributed by atoms with Gasteiger partial charge in [0.25, 0.3) is 0 Å². The Morgan fingerprint density at radius 1 is 0.867 bits per heavy atom. The van der Waals surface area contributed by atoms with E-state index in [-0.39, 0.29) is 12.7 Å². The summed E-state index contributed by atoms with van der Waals surface area (Å²) < 4.78 is 10.6. The summed E-state index contributed by atoms with van der Waals surface area (Å²) in [5.74, 6) is 0. The molecular formula is C25H49NO4. The zero-order valence-electron chi connectivity index (χ0n) is 19.7. The Morgan fingerprint density at radius 3 is 1.87 bits per heavy atom. The van der Waals surface area contributed by atoms with Crippen LogP contribution in [0.25, 0.3) is 0 Å². The topological polar surface area (TPSA) is 67.8 Å². The van der Waals surface area contributed by atoms with E-state index in [4.69, 9.17) is 9.47 Å². The van der Waals surface area contributed by atoms with E-state index in [2.05, 4.69) is 12.2 Å². The van der Waals surface area contributed by atoms with Gasteiger partial charge in [-0.3, -0.25) is 0 Å². The van der Waals surface area contributed by atoms with Crippen molar-refractivity contribution in [2.24, 2.45) is 0 Å². The Kier molecular flexibility index (Phi) is 18.3. The normalized spacial score (nSPS) is 19.0. The summed E-state index contributed by atoms with van der Waals surface area (Å²) in [6.07, 6.45) is 21.8. The zero-order valence-corrected chi connectivity index (χ0v) is 19.7. The van der Waals surface area contributed by atoms with E-state index in [0.29, 0.717) is 13.2 Å². The van der Waals surface area contributed by atoms with E-state index < -0.39 is 12.2 Å². The summed E-state index contributed by atoms with van der Waals surface area (Å²) in [5.41, 5.74) is 0. The molecule has 2 atom stereocenters. The van der Waals surface area contributed by atoms with Crippen molar-refractivity contribution in [3.63, 3.8) is 0 Å². The van der Waals surface area contributed by atoms with Crippen LogP contribution in [0.3, 0.4) is 0 Å². The van der Waals surface area contributed by atoms with Crippen LogP contribution in [0, 0.1) is 0 Å². The van der Waals surface area contributed by atoms with Crippen molar-refractivity contribution < 1.29 is 19.4 Å². The van der Waals surface area contributed by atoms with Gasteiger partial charge in [0.05, 0.1) is 6.10 Å². The van der Waals surface area contributed by atoms with Gasteiger partial charge in [-0.25, -0.2) is 4.79 Å². The fourth-order valence-corrected chi connectivity index (χ4v) is 4.06. The van der Waals surface area contributed by atoms with Crippen LogP contribution in [-0.2, 0) is 9.47 Å². The van der Waals surface area contributed by atoms with Crippen LogP contribution in [0.4, 0.5) is 4.79 Å². The molecule has 30 heavy (non-hydrogen) atoms. The Morgan fingerprint density at radius 2 is 1.37 bits per heavy atom. The molecule has 1 aliphatic heterocycles. The summed E-state index contributed by atoms with van der Waals surface area (Å²) in [6, 6.07) is 0. The molecule has 0 spiro atoms. The molecule has 0 aromatic heterocycles. The third-order valence-electron chi connectivity index (χ3n) is 6.08. The fraction of sp³-hybridized carbons (Fsp3) is 0.960. The number of amides is 1. The average molecular weight is 428 g/mol. The van der Waals surface area contributed by atoms with E-state index >= 15 is 0 Å². The number of alkyl carbamates (subject to hydrolysis) is 1. The second-order valence-electron chi connectivity index (χ2n) is 8.95. The van der Waals surface area contributed by atoms with Gasteiger partial charge in [0, 0.05) is 13.2 Å². The van der Waals surface area contributed by atoms with Crippen molar-refractivity contribution in [3.05, 3.63) is 0 Å². The van der Waals surface area contributed by atoms with Gasteiger partial charge in [0.2, 0.25) is 0 Å². The molecule has 0 aliphatic carbocycles. The number of carbonyl (C=O) groups excluding carboxylic acids is 1. The van der Waals surface area contributed by atoms with Crippen molar-refractivity contribution in [2.45, 2.75) is 135 Å². The lowest BCUT2D eigenvalue weighted by Crippen LogP contribution is -2.39. The van der Waals surface area contributed by atoms with Crippen LogP contribution in [0.5, 0.6) is 0 Å². The third-order valence-corrected chi connectivity index (χ3v) is 6.08. The lowest BCUT2D eigenvalue weighted by Gasteiger charge is -2.27. The van der Waals surface area contributed by atoms with Crippen LogP contribution >= 0.6 is 0 Å². The molecule has 1 aliphatic rings. The van der Waals surface area contributed by atoms with E-state index in [0.717, 1.165) is 25.7 Å². The van der Waals surface area contributed by atoms with Crippen molar-refractivity contribution >= 4 is 6.09 Å². The Hall–Kier alpha value is -0.810. The average Bonchev–Trinajstić information content (AvgIpc) is 2.75. The van der Waals surface area contributed by atoms with Gasteiger partial charge >= 0.3 is 6.09 Å². The van der Waals surface area contributed by atoms with Crippen LogP contribution in [-0.4, -0.2) is 43.2 Å². The maximum absolute atomic E-state index is 11.7. The zero-order chi connectivity index (χ0) is 21.7. The Bertz CT molecular complexity index is 391. The summed E-state index contributed by atoms with van der Waals surface area (Å²) in [6.45, 7) is 3.70. The monoisotopic (exact) mass is 427 g/mol. The van der Waals surface area contributed by atoms with Gasteiger partial charge in [-0.05, 0) is 19.3 Å². The van der Waals surface area contributed by atoms with Crippen molar-refractivity contribution in [1.82, 2.24) is 5.32 Å². The number of ether oxygens (including phenoxy) is 2. The maximum Gasteiger partial charge on any atom is 0.407 e. The molecule has 1 rings (SSSR count). The molecule has 0 aromatic carbocycles. The predicted octanol–water partition coefficient (Wildman–Crippen LogP) is 6.51. The highest BCUT2D eigenvalue weighted by molar-refractivity contribution is 5.67. The van der Waals surface area contributed by atoms with Crippen LogP contribution in [0.2, 0.25) is 0 Å². The van der Waals surface area contributed by atoms with E-state index in [1.165, 1.54) is 89.9 Å². The van der Waals surface area contributed by atoms with Gasteiger partial charge in [0.15, 0.2) is 0 Å². The lowest BCUT2D eigenvalue weighted by atomic mass is 10.0. The Balaban J connectivity index is 1.74. The SMILES string of the molecule is CCCCCCCCCCCCCCCCCCNC(=O)OC[C@@H]1OCCC[C@H]1O. The minimum Gasteiger partial charge on any atom is -0.447 e. The molecule has 5 nitrogen and oxygen atoms in total. The van der Waals surface area contributed by atoms with Crippen molar-refractivity contribution in [2.75, 3.05) is 19.8 Å². The lowest BCUT2D eigenvalue weighted by molar-refractivity contribution is -0.0955. The maximum atomic E-state index is 11.7. The van der Waals surface area contributed by atoms with Crippen molar-refractivity contribution in [3.8, 4) is 0 Å². The number of unbranched alkanes of at least 4 members (excludes halogenated alkanes) is 15. The molecule has 1 fully saturated rings. The molecule has 1 heterocycles. The largest absolute Gasteiger partial charge is 0.447 e. The minimum absolute atomic E-state index is 0.131.